The van der Waals surface area contributed by atoms with Crippen LogP contribution in [0.2, 0.25) is 0 Å². The summed E-state index contributed by atoms with van der Waals surface area (Å²) < 4.78 is 6.80. The summed E-state index contributed by atoms with van der Waals surface area (Å²) >= 11 is 0. The standard InChI is InChI=1S/C13H19N5O2/c1-18-9-17-12-10(18)3-5-15-13(12)16-6-4-11(19)14-7-8-20-2/h3,5,9H,4,6-8H2,1-2H3,(H,14,19)(H,15,16). The number of pyridine rings is 1. The van der Waals surface area contributed by atoms with Crippen LogP contribution >= 0.6 is 0 Å². The fraction of sp³-hybridized carbons (Fsp3) is 0.462. The molecule has 7 nitrogen and oxygen atoms in total. The molecule has 7 heteroatoms. The molecule has 0 aliphatic rings. The smallest absolute Gasteiger partial charge is 0.221 e. The minimum absolute atomic E-state index is 0.0113. The Morgan fingerprint density at radius 2 is 2.25 bits per heavy atom. The van der Waals surface area contributed by atoms with Gasteiger partial charge in [0.1, 0.15) is 5.52 Å². The van der Waals surface area contributed by atoms with E-state index in [-0.39, 0.29) is 5.91 Å². The first-order valence-electron chi connectivity index (χ1n) is 6.48. The minimum Gasteiger partial charge on any atom is -0.383 e. The highest BCUT2D eigenvalue weighted by Gasteiger charge is 2.07. The average molecular weight is 277 g/mol. The third kappa shape index (κ3) is 3.45. The third-order valence-electron chi connectivity index (χ3n) is 2.92. The summed E-state index contributed by atoms with van der Waals surface area (Å²) in [7, 11) is 3.54. The number of nitrogens with zero attached hydrogens (tertiary/aromatic N) is 3. The number of aryl methyl sites for hydroxylation is 1. The van der Waals surface area contributed by atoms with Gasteiger partial charge >= 0.3 is 0 Å². The molecule has 0 saturated heterocycles. The predicted molar refractivity (Wildman–Crippen MR) is 76.5 cm³/mol. The first-order valence-corrected chi connectivity index (χ1v) is 6.48. The predicted octanol–water partition coefficient (Wildman–Crippen LogP) is 0.533. The van der Waals surface area contributed by atoms with E-state index in [0.717, 1.165) is 11.0 Å². The molecule has 20 heavy (non-hydrogen) atoms. The van der Waals surface area contributed by atoms with Crippen molar-refractivity contribution in [3.8, 4) is 0 Å². The van der Waals surface area contributed by atoms with Crippen LogP contribution in [0.5, 0.6) is 0 Å². The van der Waals surface area contributed by atoms with E-state index in [1.165, 1.54) is 0 Å². The van der Waals surface area contributed by atoms with Crippen LogP contribution < -0.4 is 10.6 Å². The van der Waals surface area contributed by atoms with Crippen molar-refractivity contribution in [2.45, 2.75) is 6.42 Å². The second-order valence-electron chi connectivity index (χ2n) is 4.40. The molecule has 0 spiro atoms. The molecule has 2 N–H and O–H groups in total. The van der Waals surface area contributed by atoms with Crippen LogP contribution in [-0.2, 0) is 16.6 Å². The van der Waals surface area contributed by atoms with Crippen molar-refractivity contribution in [1.82, 2.24) is 19.9 Å². The van der Waals surface area contributed by atoms with Gasteiger partial charge in [-0.1, -0.05) is 0 Å². The zero-order valence-corrected chi connectivity index (χ0v) is 11.7. The van der Waals surface area contributed by atoms with Crippen molar-refractivity contribution in [1.29, 1.82) is 0 Å². The fourth-order valence-corrected chi connectivity index (χ4v) is 1.87. The number of hydrogen-bond donors (Lipinski definition) is 2. The molecule has 0 radical (unpaired) electrons. The molecule has 2 heterocycles. The van der Waals surface area contributed by atoms with Crippen LogP contribution in [0.15, 0.2) is 18.6 Å². The maximum Gasteiger partial charge on any atom is 0.221 e. The number of nitrogens with one attached hydrogen (secondary N) is 2. The van der Waals surface area contributed by atoms with Gasteiger partial charge in [0.2, 0.25) is 5.91 Å². The molecule has 0 atom stereocenters. The molecule has 2 aromatic rings. The molecular formula is C13H19N5O2. The molecule has 0 unspecified atom stereocenters. The van der Waals surface area contributed by atoms with Crippen LogP contribution in [0.1, 0.15) is 6.42 Å². The van der Waals surface area contributed by atoms with Crippen molar-refractivity contribution in [2.75, 3.05) is 32.1 Å². The Bertz CT molecular complexity index is 581. The monoisotopic (exact) mass is 277 g/mol. The van der Waals surface area contributed by atoms with Gasteiger partial charge in [0, 0.05) is 39.9 Å². The summed E-state index contributed by atoms with van der Waals surface area (Å²) in [6, 6.07) is 1.91. The van der Waals surface area contributed by atoms with Crippen molar-refractivity contribution >= 4 is 22.8 Å². The second kappa shape index (κ2) is 6.85. The van der Waals surface area contributed by atoms with Crippen LogP contribution in [-0.4, -0.2) is 47.2 Å². The lowest BCUT2D eigenvalue weighted by atomic mass is 10.3. The Labute approximate surface area is 117 Å². The van der Waals surface area contributed by atoms with Gasteiger partial charge in [0.05, 0.1) is 18.5 Å². The van der Waals surface area contributed by atoms with Crippen molar-refractivity contribution in [3.05, 3.63) is 18.6 Å². The quantitative estimate of drug-likeness (QED) is 0.722. The van der Waals surface area contributed by atoms with Crippen LogP contribution in [0.4, 0.5) is 5.82 Å². The van der Waals surface area contributed by atoms with Crippen molar-refractivity contribution < 1.29 is 9.53 Å². The first-order chi connectivity index (χ1) is 9.72. The summed E-state index contributed by atoms with van der Waals surface area (Å²) in [5.41, 5.74) is 1.82. The van der Waals surface area contributed by atoms with E-state index in [1.54, 1.807) is 19.6 Å². The molecule has 2 aromatic heterocycles. The van der Waals surface area contributed by atoms with Gasteiger partial charge in [-0.2, -0.15) is 0 Å². The molecule has 0 saturated carbocycles. The highest BCUT2D eigenvalue weighted by atomic mass is 16.5. The molecule has 0 aliphatic carbocycles. The average Bonchev–Trinajstić information content (AvgIpc) is 2.82. The maximum absolute atomic E-state index is 11.5. The number of amides is 1. The second-order valence-corrected chi connectivity index (χ2v) is 4.40. The van der Waals surface area contributed by atoms with Gasteiger partial charge in [-0.25, -0.2) is 9.97 Å². The van der Waals surface area contributed by atoms with E-state index < -0.39 is 0 Å². The Balaban J connectivity index is 1.85. The van der Waals surface area contributed by atoms with Gasteiger partial charge in [-0.05, 0) is 6.07 Å². The number of carbonyl (C=O) groups excluding carboxylic acids is 1. The number of anilines is 1. The summed E-state index contributed by atoms with van der Waals surface area (Å²) in [6.07, 6.45) is 3.86. The minimum atomic E-state index is -0.0113. The Hall–Kier alpha value is -2.15. The summed E-state index contributed by atoms with van der Waals surface area (Å²) in [4.78, 5) is 20.1. The van der Waals surface area contributed by atoms with Gasteiger partial charge in [0.15, 0.2) is 5.82 Å². The van der Waals surface area contributed by atoms with Crippen LogP contribution in [0.3, 0.4) is 0 Å². The van der Waals surface area contributed by atoms with Crippen LogP contribution in [0, 0.1) is 0 Å². The topological polar surface area (TPSA) is 81.1 Å². The van der Waals surface area contributed by atoms with Gasteiger partial charge in [0.25, 0.3) is 0 Å². The van der Waals surface area contributed by atoms with Crippen molar-refractivity contribution in [3.63, 3.8) is 0 Å². The largest absolute Gasteiger partial charge is 0.383 e. The lowest BCUT2D eigenvalue weighted by Crippen LogP contribution is -2.28. The summed E-state index contributed by atoms with van der Waals surface area (Å²) in [6.45, 7) is 1.57. The number of carbonyl (C=O) groups is 1. The molecule has 1 amide bonds. The molecule has 0 bridgehead atoms. The Morgan fingerprint density at radius 1 is 1.40 bits per heavy atom. The van der Waals surface area contributed by atoms with Gasteiger partial charge in [-0.15, -0.1) is 0 Å². The molecule has 0 fully saturated rings. The Kier molecular flexibility index (Phi) is 4.89. The van der Waals surface area contributed by atoms with E-state index in [4.69, 9.17) is 4.74 Å². The highest BCUT2D eigenvalue weighted by molar-refractivity contribution is 5.86. The molecule has 0 aliphatic heterocycles. The lowest BCUT2D eigenvalue weighted by molar-refractivity contribution is -0.121. The highest BCUT2D eigenvalue weighted by Crippen LogP contribution is 2.18. The number of imidazole rings is 1. The normalized spacial score (nSPS) is 10.7. The number of fused-ring (bicyclic) bond motifs is 1. The first kappa shape index (κ1) is 14.3. The van der Waals surface area contributed by atoms with E-state index in [2.05, 4.69) is 20.6 Å². The Morgan fingerprint density at radius 3 is 3.05 bits per heavy atom. The molecular weight excluding hydrogens is 258 g/mol. The number of hydrogen-bond acceptors (Lipinski definition) is 5. The maximum atomic E-state index is 11.5. The summed E-state index contributed by atoms with van der Waals surface area (Å²) in [5, 5.41) is 5.91. The van der Waals surface area contributed by atoms with Gasteiger partial charge in [-0.3, -0.25) is 4.79 Å². The van der Waals surface area contributed by atoms with E-state index in [0.29, 0.717) is 31.9 Å². The zero-order chi connectivity index (χ0) is 14.4. The SMILES string of the molecule is COCCNC(=O)CCNc1nccc2c1ncn2C. The fourth-order valence-electron chi connectivity index (χ4n) is 1.87. The molecule has 0 aromatic carbocycles. The van der Waals surface area contributed by atoms with E-state index >= 15 is 0 Å². The van der Waals surface area contributed by atoms with Gasteiger partial charge < -0.3 is 19.9 Å². The lowest BCUT2D eigenvalue weighted by Gasteiger charge is -2.07. The van der Waals surface area contributed by atoms with E-state index in [1.807, 2.05) is 17.7 Å². The number of rotatable bonds is 7. The number of methoxy groups -OCH3 is 1. The van der Waals surface area contributed by atoms with Crippen molar-refractivity contribution in [2.24, 2.45) is 7.05 Å². The third-order valence-corrected chi connectivity index (χ3v) is 2.92. The number of aromatic nitrogens is 3. The van der Waals surface area contributed by atoms with Crippen LogP contribution in [0.25, 0.3) is 11.0 Å². The summed E-state index contributed by atoms with van der Waals surface area (Å²) in [5.74, 6) is 0.690. The molecule has 2 rings (SSSR count). The number of ether oxygens (including phenoxy) is 1. The molecule has 108 valence electrons. The zero-order valence-electron chi connectivity index (χ0n) is 11.7. The van der Waals surface area contributed by atoms with E-state index in [9.17, 15) is 4.79 Å².